The summed E-state index contributed by atoms with van der Waals surface area (Å²) in [5.41, 5.74) is 0.912. The maximum atomic E-state index is 10.5. The van der Waals surface area contributed by atoms with Gasteiger partial charge in [-0.2, -0.15) is 0 Å². The van der Waals surface area contributed by atoms with Crippen molar-refractivity contribution in [1.82, 2.24) is 9.97 Å². The predicted molar refractivity (Wildman–Crippen MR) is 77.7 cm³/mol. The van der Waals surface area contributed by atoms with E-state index in [2.05, 4.69) is 9.97 Å². The molecule has 0 fully saturated rings. The van der Waals surface area contributed by atoms with Gasteiger partial charge in [-0.25, -0.2) is 9.97 Å². The van der Waals surface area contributed by atoms with Crippen molar-refractivity contribution in [3.8, 4) is 0 Å². The standard InChI is InChI=1S/C12H7N3O3S2/c16-15(17)10-2-1-8(18-10)3-5-20-12-11-9(4-6-19-11)13-7-14-12/h1-7H/b5-3+. The topological polar surface area (TPSA) is 82.1 Å². The zero-order valence-corrected chi connectivity index (χ0v) is 11.6. The van der Waals surface area contributed by atoms with E-state index >= 15 is 0 Å². The van der Waals surface area contributed by atoms with Gasteiger partial charge in [0, 0.05) is 0 Å². The number of nitrogens with zero attached hydrogens (tertiary/aromatic N) is 3. The highest BCUT2D eigenvalue weighted by atomic mass is 32.2. The molecule has 0 radical (unpaired) electrons. The first-order chi connectivity index (χ1) is 9.74. The molecule has 8 heteroatoms. The summed E-state index contributed by atoms with van der Waals surface area (Å²) in [6.45, 7) is 0. The summed E-state index contributed by atoms with van der Waals surface area (Å²) in [5.74, 6) is 0.165. The normalized spacial score (nSPS) is 11.4. The summed E-state index contributed by atoms with van der Waals surface area (Å²) in [6.07, 6.45) is 3.18. The maximum Gasteiger partial charge on any atom is 0.433 e. The van der Waals surface area contributed by atoms with E-state index < -0.39 is 4.92 Å². The molecule has 0 unspecified atom stereocenters. The van der Waals surface area contributed by atoms with E-state index in [-0.39, 0.29) is 5.88 Å². The number of nitro groups is 1. The molecule has 0 atom stereocenters. The van der Waals surface area contributed by atoms with Crippen LogP contribution in [0.2, 0.25) is 0 Å². The fourth-order valence-electron chi connectivity index (χ4n) is 1.55. The Labute approximate surface area is 121 Å². The summed E-state index contributed by atoms with van der Waals surface area (Å²) < 4.78 is 6.05. The van der Waals surface area contributed by atoms with E-state index in [0.29, 0.717) is 5.76 Å². The van der Waals surface area contributed by atoms with Crippen LogP contribution in [0.1, 0.15) is 5.76 Å². The maximum absolute atomic E-state index is 10.5. The van der Waals surface area contributed by atoms with E-state index in [4.69, 9.17) is 4.42 Å². The fourth-order valence-corrected chi connectivity index (χ4v) is 3.21. The Balaban J connectivity index is 1.76. The smallest absolute Gasteiger partial charge is 0.401 e. The lowest BCUT2D eigenvalue weighted by molar-refractivity contribution is -0.402. The number of thioether (sulfide) groups is 1. The molecule has 0 bridgehead atoms. The molecule has 0 aliphatic rings. The molecule has 0 saturated heterocycles. The number of thiophene rings is 1. The first-order valence-electron chi connectivity index (χ1n) is 5.49. The molecule has 0 aliphatic heterocycles. The molecular weight excluding hydrogens is 298 g/mol. The molecule has 3 aromatic heterocycles. The van der Waals surface area contributed by atoms with Gasteiger partial charge >= 0.3 is 5.88 Å². The van der Waals surface area contributed by atoms with Crippen LogP contribution >= 0.6 is 23.1 Å². The van der Waals surface area contributed by atoms with Crippen molar-refractivity contribution in [2.24, 2.45) is 0 Å². The molecule has 3 aromatic rings. The number of fused-ring (bicyclic) bond motifs is 1. The van der Waals surface area contributed by atoms with Gasteiger partial charge in [0.05, 0.1) is 16.3 Å². The second-order valence-electron chi connectivity index (χ2n) is 3.67. The lowest BCUT2D eigenvalue weighted by atomic mass is 10.4. The van der Waals surface area contributed by atoms with Crippen LogP contribution in [-0.4, -0.2) is 14.9 Å². The first-order valence-corrected chi connectivity index (χ1v) is 7.25. The Morgan fingerprint density at radius 3 is 3.05 bits per heavy atom. The zero-order chi connectivity index (χ0) is 13.9. The molecule has 3 rings (SSSR count). The summed E-state index contributed by atoms with van der Waals surface area (Å²) in [7, 11) is 0. The highest BCUT2D eigenvalue weighted by Gasteiger charge is 2.10. The van der Waals surface area contributed by atoms with Crippen LogP contribution in [0.4, 0.5) is 5.88 Å². The number of hydrogen-bond donors (Lipinski definition) is 0. The minimum absolute atomic E-state index is 0.266. The predicted octanol–water partition coefficient (Wildman–Crippen LogP) is 3.96. The Kier molecular flexibility index (Phi) is 3.48. The number of hydrogen-bond acceptors (Lipinski definition) is 7. The second kappa shape index (κ2) is 5.43. The van der Waals surface area contributed by atoms with Gasteiger partial charge in [-0.3, -0.25) is 10.1 Å². The Bertz CT molecular complexity index is 794. The number of furan rings is 1. The molecular formula is C12H7N3O3S2. The van der Waals surface area contributed by atoms with Gasteiger partial charge in [-0.05, 0) is 29.0 Å². The average Bonchev–Trinajstić information content (AvgIpc) is 3.07. The van der Waals surface area contributed by atoms with Crippen LogP contribution in [0, 0.1) is 10.1 Å². The van der Waals surface area contributed by atoms with Crippen molar-refractivity contribution in [3.05, 3.63) is 51.2 Å². The quantitative estimate of drug-likeness (QED) is 0.314. The lowest BCUT2D eigenvalue weighted by Gasteiger charge is -1.95. The molecule has 3 heterocycles. The first kappa shape index (κ1) is 12.8. The van der Waals surface area contributed by atoms with E-state index in [1.165, 1.54) is 24.2 Å². The van der Waals surface area contributed by atoms with Gasteiger partial charge in [-0.1, -0.05) is 11.8 Å². The van der Waals surface area contributed by atoms with Crippen molar-refractivity contribution >= 4 is 45.3 Å². The van der Waals surface area contributed by atoms with Gasteiger partial charge in [0.2, 0.25) is 0 Å². The van der Waals surface area contributed by atoms with Gasteiger partial charge in [0.1, 0.15) is 22.0 Å². The Morgan fingerprint density at radius 2 is 2.25 bits per heavy atom. The molecule has 100 valence electrons. The van der Waals surface area contributed by atoms with Crippen LogP contribution in [0.5, 0.6) is 0 Å². The fraction of sp³-hybridized carbons (Fsp3) is 0. The van der Waals surface area contributed by atoms with E-state index in [1.807, 2.05) is 11.4 Å². The lowest BCUT2D eigenvalue weighted by Crippen LogP contribution is -1.82. The second-order valence-corrected chi connectivity index (χ2v) is 5.48. The van der Waals surface area contributed by atoms with Crippen molar-refractivity contribution in [2.75, 3.05) is 0 Å². The van der Waals surface area contributed by atoms with Crippen LogP contribution in [-0.2, 0) is 0 Å². The molecule has 0 amide bonds. The van der Waals surface area contributed by atoms with E-state index in [0.717, 1.165) is 15.2 Å². The summed E-state index contributed by atoms with van der Waals surface area (Å²) in [5, 5.41) is 15.1. The van der Waals surface area contributed by atoms with Crippen LogP contribution in [0.25, 0.3) is 16.3 Å². The summed E-state index contributed by atoms with van der Waals surface area (Å²) in [4.78, 5) is 18.3. The van der Waals surface area contributed by atoms with Gasteiger partial charge in [0.15, 0.2) is 0 Å². The van der Waals surface area contributed by atoms with Crippen molar-refractivity contribution in [2.45, 2.75) is 5.03 Å². The largest absolute Gasteiger partial charge is 0.433 e. The highest BCUT2D eigenvalue weighted by molar-refractivity contribution is 8.02. The molecule has 0 saturated carbocycles. The van der Waals surface area contributed by atoms with Gasteiger partial charge in [0.25, 0.3) is 0 Å². The average molecular weight is 305 g/mol. The van der Waals surface area contributed by atoms with Crippen LogP contribution in [0.15, 0.2) is 44.8 Å². The highest BCUT2D eigenvalue weighted by Crippen LogP contribution is 2.29. The third kappa shape index (κ3) is 2.56. The SMILES string of the molecule is O=[N+]([O-])c1ccc(/C=C/Sc2ncnc3ccsc23)o1. The van der Waals surface area contributed by atoms with Gasteiger partial charge in [-0.15, -0.1) is 11.3 Å². The van der Waals surface area contributed by atoms with Crippen LogP contribution < -0.4 is 0 Å². The number of aromatic nitrogens is 2. The molecule has 0 aliphatic carbocycles. The molecule has 0 spiro atoms. The molecule has 20 heavy (non-hydrogen) atoms. The van der Waals surface area contributed by atoms with Crippen molar-refractivity contribution in [3.63, 3.8) is 0 Å². The summed E-state index contributed by atoms with van der Waals surface area (Å²) >= 11 is 2.99. The number of rotatable bonds is 4. The van der Waals surface area contributed by atoms with Crippen LogP contribution in [0.3, 0.4) is 0 Å². The van der Waals surface area contributed by atoms with E-state index in [9.17, 15) is 10.1 Å². The minimum Gasteiger partial charge on any atom is -0.401 e. The van der Waals surface area contributed by atoms with Gasteiger partial charge < -0.3 is 4.42 Å². The van der Waals surface area contributed by atoms with E-state index in [1.54, 1.807) is 28.9 Å². The van der Waals surface area contributed by atoms with Crippen molar-refractivity contribution < 1.29 is 9.34 Å². The monoisotopic (exact) mass is 305 g/mol. The van der Waals surface area contributed by atoms with Crippen molar-refractivity contribution in [1.29, 1.82) is 0 Å². The summed E-state index contributed by atoms with van der Waals surface area (Å²) in [6, 6.07) is 4.81. The third-order valence-electron chi connectivity index (χ3n) is 2.42. The molecule has 0 aromatic carbocycles. The molecule has 0 N–H and O–H groups in total. The zero-order valence-electron chi connectivity index (χ0n) is 9.92. The Hall–Kier alpha value is -2.19. The minimum atomic E-state index is -0.565. The third-order valence-corrected chi connectivity index (χ3v) is 4.26. The molecule has 6 nitrogen and oxygen atoms in total. The Morgan fingerprint density at radius 1 is 1.35 bits per heavy atom.